The Morgan fingerprint density at radius 3 is 2.75 bits per heavy atom. The van der Waals surface area contributed by atoms with Crippen LogP contribution in [0.2, 0.25) is 0 Å². The molecule has 0 fully saturated rings. The molecule has 0 aliphatic heterocycles. The van der Waals surface area contributed by atoms with Crippen LogP contribution in [-0.4, -0.2) is 44.0 Å². The number of aliphatic carboxylic acids is 1. The van der Waals surface area contributed by atoms with Crippen LogP contribution in [0.4, 0.5) is 0 Å². The lowest BCUT2D eigenvalue weighted by atomic mass is 10.1. The number of carbonyl (C=O) groups excluding carboxylic acids is 1. The topological polar surface area (TPSA) is 121 Å². The number of carboxylic acids is 1. The number of benzene rings is 2. The number of aromatic amines is 1. The van der Waals surface area contributed by atoms with Crippen LogP contribution < -0.4 is 5.32 Å². The summed E-state index contributed by atoms with van der Waals surface area (Å²) in [7, 11) is 0. The van der Waals surface area contributed by atoms with Gasteiger partial charge < -0.3 is 19.8 Å². The minimum atomic E-state index is -1.09. The van der Waals surface area contributed by atoms with Crippen molar-refractivity contribution in [1.82, 2.24) is 20.5 Å². The molecule has 0 unspecified atom stereocenters. The van der Waals surface area contributed by atoms with Crippen LogP contribution in [0.25, 0.3) is 22.4 Å². The molecular weight excluding hydrogens is 428 g/mol. The summed E-state index contributed by atoms with van der Waals surface area (Å²) in [6, 6.07) is 12.4. The molecule has 8 nitrogen and oxygen atoms in total. The predicted molar refractivity (Wildman–Crippen MR) is 122 cm³/mol. The van der Waals surface area contributed by atoms with Gasteiger partial charge in [0.05, 0.1) is 5.75 Å². The Morgan fingerprint density at radius 1 is 1.16 bits per heavy atom. The molecule has 0 aliphatic rings. The zero-order chi connectivity index (χ0) is 22.7. The van der Waals surface area contributed by atoms with Crippen molar-refractivity contribution in [1.29, 1.82) is 0 Å². The Bertz CT molecular complexity index is 1280. The smallest absolute Gasteiger partial charge is 0.326 e. The Morgan fingerprint density at radius 2 is 1.97 bits per heavy atom. The molecule has 0 saturated heterocycles. The summed E-state index contributed by atoms with van der Waals surface area (Å²) in [6.07, 6.45) is 1.95. The number of H-pyrrole nitrogens is 1. The van der Waals surface area contributed by atoms with Crippen LogP contribution in [-0.2, 0) is 16.0 Å². The summed E-state index contributed by atoms with van der Waals surface area (Å²) < 4.78 is 5.64. The quantitative estimate of drug-likeness (QED) is 0.350. The molecule has 9 heteroatoms. The normalized spacial score (nSPS) is 12.1. The second-order valence-electron chi connectivity index (χ2n) is 7.48. The van der Waals surface area contributed by atoms with Gasteiger partial charge in [-0.2, -0.15) is 0 Å². The number of thioether (sulfide) groups is 1. The minimum Gasteiger partial charge on any atom is -0.480 e. The summed E-state index contributed by atoms with van der Waals surface area (Å²) in [5.41, 5.74) is 4.84. The standard InChI is InChI=1S/C23H22N4O4S/c1-13-7-8-15(9-14(13)2)21-26-27-23(31-21)32-12-20(28)25-19(22(29)30)10-16-11-24-18-6-4-3-5-17(16)18/h3-9,11,19,24H,10,12H2,1-2H3,(H,25,28)(H,29,30)/t19-/m0/s1. The zero-order valence-corrected chi connectivity index (χ0v) is 18.4. The number of hydrogen-bond donors (Lipinski definition) is 3. The first-order valence-corrected chi connectivity index (χ1v) is 11.0. The van der Waals surface area contributed by atoms with Crippen molar-refractivity contribution in [2.75, 3.05) is 5.75 Å². The molecule has 0 aliphatic carbocycles. The number of rotatable bonds is 8. The predicted octanol–water partition coefficient (Wildman–Crippen LogP) is 3.74. The minimum absolute atomic E-state index is 0.0355. The van der Waals surface area contributed by atoms with E-state index in [2.05, 4.69) is 20.5 Å². The van der Waals surface area contributed by atoms with Crippen LogP contribution >= 0.6 is 11.8 Å². The number of hydrogen-bond acceptors (Lipinski definition) is 6. The van der Waals surface area contributed by atoms with E-state index in [0.29, 0.717) is 5.89 Å². The molecular formula is C23H22N4O4S. The molecule has 0 radical (unpaired) electrons. The van der Waals surface area contributed by atoms with E-state index in [9.17, 15) is 14.7 Å². The van der Waals surface area contributed by atoms with Gasteiger partial charge >= 0.3 is 5.97 Å². The van der Waals surface area contributed by atoms with Crippen LogP contribution in [0.5, 0.6) is 0 Å². The summed E-state index contributed by atoms with van der Waals surface area (Å²) in [4.78, 5) is 27.2. The SMILES string of the molecule is Cc1ccc(-c2nnc(SCC(=O)N[C@@H](Cc3c[nH]c4ccccc34)C(=O)O)o2)cc1C. The molecule has 32 heavy (non-hydrogen) atoms. The van der Waals surface area contributed by atoms with Gasteiger partial charge in [0, 0.05) is 29.1 Å². The maximum atomic E-state index is 12.4. The van der Waals surface area contributed by atoms with Crippen molar-refractivity contribution in [3.05, 3.63) is 65.4 Å². The number of nitrogens with zero attached hydrogens (tertiary/aromatic N) is 2. The number of aromatic nitrogens is 3. The van der Waals surface area contributed by atoms with Gasteiger partial charge in [-0.1, -0.05) is 36.0 Å². The molecule has 4 rings (SSSR count). The van der Waals surface area contributed by atoms with Gasteiger partial charge in [-0.3, -0.25) is 4.79 Å². The van der Waals surface area contributed by atoms with E-state index < -0.39 is 17.9 Å². The van der Waals surface area contributed by atoms with E-state index in [1.165, 1.54) is 5.56 Å². The van der Waals surface area contributed by atoms with Crippen LogP contribution in [0.15, 0.2) is 58.3 Å². The van der Waals surface area contributed by atoms with Gasteiger partial charge in [-0.15, -0.1) is 10.2 Å². The largest absolute Gasteiger partial charge is 0.480 e. The van der Waals surface area contributed by atoms with Crippen LogP contribution in [0.1, 0.15) is 16.7 Å². The van der Waals surface area contributed by atoms with Gasteiger partial charge in [0.1, 0.15) is 6.04 Å². The van der Waals surface area contributed by atoms with Gasteiger partial charge in [0.2, 0.25) is 11.8 Å². The Kier molecular flexibility index (Phi) is 6.27. The lowest BCUT2D eigenvalue weighted by Crippen LogP contribution is -2.43. The Balaban J connectivity index is 1.36. The maximum Gasteiger partial charge on any atom is 0.326 e. The molecule has 2 heterocycles. The number of aryl methyl sites for hydroxylation is 2. The van der Waals surface area contributed by atoms with Crippen molar-refractivity contribution >= 4 is 34.5 Å². The lowest BCUT2D eigenvalue weighted by molar-refractivity contribution is -0.141. The van der Waals surface area contributed by atoms with E-state index in [1.54, 1.807) is 6.20 Å². The highest BCUT2D eigenvalue weighted by Gasteiger charge is 2.22. The molecule has 1 atom stereocenters. The molecule has 1 amide bonds. The molecule has 164 valence electrons. The Labute approximate surface area is 188 Å². The van der Waals surface area contributed by atoms with Crippen LogP contribution in [0.3, 0.4) is 0 Å². The molecule has 4 aromatic rings. The zero-order valence-electron chi connectivity index (χ0n) is 17.6. The molecule has 0 saturated carbocycles. The van der Waals surface area contributed by atoms with E-state index in [1.807, 2.05) is 56.3 Å². The lowest BCUT2D eigenvalue weighted by Gasteiger charge is -2.13. The molecule has 3 N–H and O–H groups in total. The highest BCUT2D eigenvalue weighted by atomic mass is 32.2. The van der Waals surface area contributed by atoms with E-state index in [0.717, 1.165) is 39.4 Å². The fourth-order valence-corrected chi connectivity index (χ4v) is 3.92. The average molecular weight is 451 g/mol. The number of fused-ring (bicyclic) bond motifs is 1. The van der Waals surface area contributed by atoms with Gasteiger partial charge in [0.25, 0.3) is 5.22 Å². The first-order valence-electron chi connectivity index (χ1n) is 10.0. The van der Waals surface area contributed by atoms with E-state index in [-0.39, 0.29) is 17.4 Å². The van der Waals surface area contributed by atoms with Crippen LogP contribution in [0, 0.1) is 13.8 Å². The number of carbonyl (C=O) groups is 2. The summed E-state index contributed by atoms with van der Waals surface area (Å²) in [5.74, 6) is -1.18. The van der Waals surface area contributed by atoms with Gasteiger partial charge in [-0.25, -0.2) is 4.79 Å². The molecule has 0 bridgehead atoms. The van der Waals surface area contributed by atoms with Crippen molar-refractivity contribution in [2.24, 2.45) is 0 Å². The second-order valence-corrected chi connectivity index (χ2v) is 8.41. The van der Waals surface area contributed by atoms with Crippen molar-refractivity contribution in [2.45, 2.75) is 31.5 Å². The monoisotopic (exact) mass is 450 g/mol. The Hall–Kier alpha value is -3.59. The van der Waals surface area contributed by atoms with Crippen molar-refractivity contribution in [3.63, 3.8) is 0 Å². The van der Waals surface area contributed by atoms with E-state index in [4.69, 9.17) is 4.42 Å². The molecule has 0 spiro atoms. The highest BCUT2D eigenvalue weighted by Crippen LogP contribution is 2.25. The number of para-hydroxylation sites is 1. The number of amides is 1. The van der Waals surface area contributed by atoms with Gasteiger partial charge in [0.15, 0.2) is 0 Å². The summed E-state index contributed by atoms with van der Waals surface area (Å²) >= 11 is 1.06. The fourth-order valence-electron chi connectivity index (χ4n) is 3.34. The molecule has 2 aromatic heterocycles. The number of carboxylic acid groups (broad SMARTS) is 1. The highest BCUT2D eigenvalue weighted by molar-refractivity contribution is 7.99. The summed E-state index contributed by atoms with van der Waals surface area (Å²) in [6.45, 7) is 4.03. The van der Waals surface area contributed by atoms with Crippen molar-refractivity contribution < 1.29 is 19.1 Å². The first kappa shape index (κ1) is 21.6. The third-order valence-corrected chi connectivity index (χ3v) is 6.04. The van der Waals surface area contributed by atoms with Gasteiger partial charge in [-0.05, 0) is 48.7 Å². The number of nitrogens with one attached hydrogen (secondary N) is 2. The fraction of sp³-hybridized carbons (Fsp3) is 0.217. The van der Waals surface area contributed by atoms with E-state index >= 15 is 0 Å². The third-order valence-electron chi connectivity index (χ3n) is 5.22. The molecule has 2 aromatic carbocycles. The average Bonchev–Trinajstić information content (AvgIpc) is 3.41. The maximum absolute atomic E-state index is 12.4. The second kappa shape index (κ2) is 9.27. The van der Waals surface area contributed by atoms with Crippen molar-refractivity contribution in [3.8, 4) is 11.5 Å². The third kappa shape index (κ3) is 4.83. The first-order chi connectivity index (χ1) is 15.4. The summed E-state index contributed by atoms with van der Waals surface area (Å²) in [5, 5.41) is 21.3.